The number of carbonyl (C=O) groups excluding carboxylic acids is 2. The summed E-state index contributed by atoms with van der Waals surface area (Å²) in [5.74, 6) is -0.542. The predicted octanol–water partition coefficient (Wildman–Crippen LogP) is 2.69. The summed E-state index contributed by atoms with van der Waals surface area (Å²) in [4.78, 5) is 36.4. The van der Waals surface area contributed by atoms with Gasteiger partial charge in [0.15, 0.2) is 0 Å². The van der Waals surface area contributed by atoms with Crippen molar-refractivity contribution in [3.05, 3.63) is 60.4 Å². The summed E-state index contributed by atoms with van der Waals surface area (Å²) in [6.07, 6.45) is 3.57. The molecule has 0 spiro atoms. The highest BCUT2D eigenvalue weighted by atomic mass is 16.1. The van der Waals surface area contributed by atoms with Gasteiger partial charge in [0.2, 0.25) is 11.9 Å². The van der Waals surface area contributed by atoms with Crippen LogP contribution in [0.3, 0.4) is 0 Å². The number of nitrogens with zero attached hydrogens (tertiary/aromatic N) is 3. The lowest BCUT2D eigenvalue weighted by molar-refractivity contribution is -0.119. The van der Waals surface area contributed by atoms with Crippen LogP contribution in [0.2, 0.25) is 0 Å². The Morgan fingerprint density at radius 1 is 1.03 bits per heavy atom. The second kappa shape index (κ2) is 9.66. The monoisotopic (exact) mass is 419 g/mol. The van der Waals surface area contributed by atoms with E-state index in [1.807, 2.05) is 56.3 Å². The van der Waals surface area contributed by atoms with Crippen molar-refractivity contribution in [1.29, 1.82) is 0 Å². The van der Waals surface area contributed by atoms with Gasteiger partial charge in [-0.3, -0.25) is 14.6 Å². The maximum Gasteiger partial charge on any atom is 0.254 e. The van der Waals surface area contributed by atoms with Gasteiger partial charge in [-0.1, -0.05) is 32.0 Å². The number of anilines is 3. The summed E-state index contributed by atoms with van der Waals surface area (Å²) in [5.41, 5.74) is 13.6. The van der Waals surface area contributed by atoms with E-state index >= 15 is 0 Å². The zero-order valence-electron chi connectivity index (χ0n) is 17.4. The molecule has 0 fully saturated rings. The van der Waals surface area contributed by atoms with Crippen LogP contribution < -0.4 is 22.1 Å². The molecule has 0 aliphatic heterocycles. The van der Waals surface area contributed by atoms with Crippen molar-refractivity contribution >= 4 is 29.3 Å². The molecule has 0 saturated carbocycles. The average molecular weight is 419 g/mol. The SMILES string of the molecule is CC(C)C[C@@H](Nc1ncc(C(N)=O)c(Nc2ccc(-c3ccccn3)cc2)n1)C(N)=O. The Hall–Kier alpha value is -4.01. The lowest BCUT2D eigenvalue weighted by Gasteiger charge is -2.18. The second-order valence-corrected chi connectivity index (χ2v) is 7.47. The van der Waals surface area contributed by atoms with Gasteiger partial charge in [0.1, 0.15) is 17.4 Å². The molecular formula is C22H25N7O2. The highest BCUT2D eigenvalue weighted by molar-refractivity contribution is 5.98. The minimum atomic E-state index is -0.673. The van der Waals surface area contributed by atoms with Gasteiger partial charge in [0.05, 0.1) is 5.69 Å². The average Bonchev–Trinajstić information content (AvgIpc) is 2.74. The van der Waals surface area contributed by atoms with Crippen LogP contribution in [0.5, 0.6) is 0 Å². The van der Waals surface area contributed by atoms with Gasteiger partial charge in [-0.05, 0) is 36.6 Å². The third-order valence-corrected chi connectivity index (χ3v) is 4.52. The molecule has 0 aliphatic rings. The number of amides is 2. The minimum Gasteiger partial charge on any atom is -0.368 e. The van der Waals surface area contributed by atoms with E-state index in [1.54, 1.807) is 6.20 Å². The molecule has 1 aromatic carbocycles. The van der Waals surface area contributed by atoms with E-state index in [1.165, 1.54) is 6.20 Å². The van der Waals surface area contributed by atoms with Gasteiger partial charge in [-0.2, -0.15) is 4.98 Å². The Morgan fingerprint density at radius 3 is 2.35 bits per heavy atom. The fourth-order valence-electron chi connectivity index (χ4n) is 2.99. The molecule has 31 heavy (non-hydrogen) atoms. The van der Waals surface area contributed by atoms with Gasteiger partial charge < -0.3 is 22.1 Å². The smallest absolute Gasteiger partial charge is 0.254 e. The Morgan fingerprint density at radius 2 is 1.77 bits per heavy atom. The molecule has 1 atom stereocenters. The van der Waals surface area contributed by atoms with E-state index in [0.717, 1.165) is 11.3 Å². The number of nitrogens with two attached hydrogens (primary N) is 2. The van der Waals surface area contributed by atoms with Crippen molar-refractivity contribution in [1.82, 2.24) is 15.0 Å². The van der Waals surface area contributed by atoms with E-state index in [4.69, 9.17) is 11.5 Å². The number of benzene rings is 1. The van der Waals surface area contributed by atoms with Gasteiger partial charge in [0.25, 0.3) is 5.91 Å². The molecule has 6 N–H and O–H groups in total. The van der Waals surface area contributed by atoms with Crippen molar-refractivity contribution in [2.75, 3.05) is 10.6 Å². The van der Waals surface area contributed by atoms with Crippen molar-refractivity contribution < 1.29 is 9.59 Å². The molecule has 0 radical (unpaired) electrons. The van der Waals surface area contributed by atoms with Crippen molar-refractivity contribution in [2.24, 2.45) is 17.4 Å². The molecular weight excluding hydrogens is 394 g/mol. The number of hydrogen-bond donors (Lipinski definition) is 4. The molecule has 9 nitrogen and oxygen atoms in total. The Balaban J connectivity index is 1.84. The summed E-state index contributed by atoms with van der Waals surface area (Å²) in [6.45, 7) is 3.96. The number of primary amides is 2. The van der Waals surface area contributed by atoms with Crippen LogP contribution in [0.15, 0.2) is 54.9 Å². The summed E-state index contributed by atoms with van der Waals surface area (Å²) in [6, 6.07) is 12.6. The molecule has 2 heterocycles. The number of rotatable bonds is 9. The quantitative estimate of drug-likeness (QED) is 0.416. The highest BCUT2D eigenvalue weighted by Crippen LogP contribution is 2.23. The van der Waals surface area contributed by atoms with Crippen LogP contribution in [0.4, 0.5) is 17.5 Å². The Kier molecular flexibility index (Phi) is 6.76. The van der Waals surface area contributed by atoms with Gasteiger partial charge in [-0.25, -0.2) is 4.98 Å². The molecule has 2 amide bonds. The third kappa shape index (κ3) is 5.75. The molecule has 2 aromatic heterocycles. The van der Waals surface area contributed by atoms with E-state index in [2.05, 4.69) is 25.6 Å². The molecule has 3 aromatic rings. The van der Waals surface area contributed by atoms with E-state index in [0.29, 0.717) is 12.1 Å². The first-order chi connectivity index (χ1) is 14.8. The number of hydrogen-bond acceptors (Lipinski definition) is 7. The standard InChI is InChI=1S/C22H25N7O2/c1-13(2)11-18(20(24)31)28-22-26-12-16(19(23)30)21(29-22)27-15-8-6-14(7-9-15)17-5-3-4-10-25-17/h3-10,12-13,18H,11H2,1-2H3,(H2,23,30)(H2,24,31)(H2,26,27,28,29)/t18-/m1/s1. The molecule has 3 rings (SSSR count). The topological polar surface area (TPSA) is 149 Å². The Bertz CT molecular complexity index is 1050. The summed E-state index contributed by atoms with van der Waals surface area (Å²) in [7, 11) is 0. The molecule has 9 heteroatoms. The maximum atomic E-state index is 11.8. The molecule has 0 unspecified atom stereocenters. The highest BCUT2D eigenvalue weighted by Gasteiger charge is 2.19. The van der Waals surface area contributed by atoms with Crippen LogP contribution >= 0.6 is 0 Å². The first kappa shape index (κ1) is 21.7. The van der Waals surface area contributed by atoms with Crippen molar-refractivity contribution in [3.8, 4) is 11.3 Å². The maximum absolute atomic E-state index is 11.8. The molecule has 0 saturated heterocycles. The predicted molar refractivity (Wildman–Crippen MR) is 120 cm³/mol. The van der Waals surface area contributed by atoms with Crippen LogP contribution in [-0.4, -0.2) is 32.8 Å². The van der Waals surface area contributed by atoms with Crippen LogP contribution in [-0.2, 0) is 4.79 Å². The summed E-state index contributed by atoms with van der Waals surface area (Å²) >= 11 is 0. The summed E-state index contributed by atoms with van der Waals surface area (Å²) < 4.78 is 0. The lowest BCUT2D eigenvalue weighted by Crippen LogP contribution is -2.37. The number of pyridine rings is 1. The third-order valence-electron chi connectivity index (χ3n) is 4.52. The minimum absolute atomic E-state index is 0.124. The summed E-state index contributed by atoms with van der Waals surface area (Å²) in [5, 5.41) is 6.02. The first-order valence-electron chi connectivity index (χ1n) is 9.84. The normalized spacial score (nSPS) is 11.7. The number of carbonyl (C=O) groups is 2. The fraction of sp³-hybridized carbons (Fsp3) is 0.227. The second-order valence-electron chi connectivity index (χ2n) is 7.47. The zero-order chi connectivity index (χ0) is 22.4. The van der Waals surface area contributed by atoms with E-state index < -0.39 is 17.9 Å². The van der Waals surface area contributed by atoms with Gasteiger partial charge >= 0.3 is 0 Å². The largest absolute Gasteiger partial charge is 0.368 e. The lowest BCUT2D eigenvalue weighted by atomic mass is 10.0. The van der Waals surface area contributed by atoms with Crippen LogP contribution in [0.25, 0.3) is 11.3 Å². The number of nitrogens with one attached hydrogen (secondary N) is 2. The molecule has 160 valence electrons. The van der Waals surface area contributed by atoms with Crippen LogP contribution in [0.1, 0.15) is 30.6 Å². The number of aromatic nitrogens is 3. The fourth-order valence-corrected chi connectivity index (χ4v) is 2.99. The first-order valence-corrected chi connectivity index (χ1v) is 9.84. The van der Waals surface area contributed by atoms with E-state index in [-0.39, 0.29) is 23.2 Å². The Labute approximate surface area is 180 Å². The van der Waals surface area contributed by atoms with Gasteiger partial charge in [0, 0.05) is 23.6 Å². The van der Waals surface area contributed by atoms with Gasteiger partial charge in [-0.15, -0.1) is 0 Å². The van der Waals surface area contributed by atoms with Crippen molar-refractivity contribution in [2.45, 2.75) is 26.3 Å². The zero-order valence-corrected chi connectivity index (χ0v) is 17.4. The van der Waals surface area contributed by atoms with Crippen LogP contribution in [0, 0.1) is 5.92 Å². The van der Waals surface area contributed by atoms with E-state index in [9.17, 15) is 9.59 Å². The molecule has 0 bridgehead atoms. The molecule has 0 aliphatic carbocycles. The van der Waals surface area contributed by atoms with Crippen molar-refractivity contribution in [3.63, 3.8) is 0 Å².